The van der Waals surface area contributed by atoms with Gasteiger partial charge in [0.1, 0.15) is 0 Å². The molecule has 1 aromatic carbocycles. The van der Waals surface area contributed by atoms with Crippen LogP contribution in [0.25, 0.3) is 0 Å². The molecule has 1 heterocycles. The van der Waals surface area contributed by atoms with Crippen LogP contribution in [-0.4, -0.2) is 18.2 Å². The summed E-state index contributed by atoms with van der Waals surface area (Å²) in [6.07, 6.45) is 3.95. The van der Waals surface area contributed by atoms with Gasteiger partial charge in [-0.3, -0.25) is 0 Å². The summed E-state index contributed by atoms with van der Waals surface area (Å²) in [5.74, 6) is 0. The summed E-state index contributed by atoms with van der Waals surface area (Å²) < 4.78 is 0. The second-order valence-electron chi connectivity index (χ2n) is 4.33. The van der Waals surface area contributed by atoms with Crippen LogP contribution in [0.15, 0.2) is 18.2 Å². The molecule has 2 heteroatoms. The Morgan fingerprint density at radius 2 is 1.93 bits per heavy atom. The van der Waals surface area contributed by atoms with Gasteiger partial charge in [0.05, 0.1) is 6.61 Å². The fourth-order valence-electron chi connectivity index (χ4n) is 2.23. The lowest BCUT2D eigenvalue weighted by Crippen LogP contribution is -2.30. The molecule has 0 aromatic heterocycles. The molecule has 2 nitrogen and oxygen atoms in total. The molecule has 1 N–H and O–H groups in total. The Morgan fingerprint density at radius 1 is 1.20 bits per heavy atom. The Balaban J connectivity index is 2.24. The van der Waals surface area contributed by atoms with E-state index >= 15 is 0 Å². The molecule has 1 aliphatic heterocycles. The third-order valence-electron chi connectivity index (χ3n) is 3.15. The Morgan fingerprint density at radius 3 is 2.60 bits per heavy atom. The van der Waals surface area contributed by atoms with Crippen LogP contribution in [-0.2, 0) is 6.61 Å². The van der Waals surface area contributed by atoms with Crippen molar-refractivity contribution in [3.63, 3.8) is 0 Å². The van der Waals surface area contributed by atoms with Crippen LogP contribution >= 0.6 is 0 Å². The number of benzene rings is 1. The summed E-state index contributed by atoms with van der Waals surface area (Å²) in [6, 6.07) is 6.24. The molecular formula is C13H19NO. The van der Waals surface area contributed by atoms with E-state index in [2.05, 4.69) is 24.0 Å². The van der Waals surface area contributed by atoms with Gasteiger partial charge in [-0.15, -0.1) is 0 Å². The number of hydrogen-bond donors (Lipinski definition) is 1. The van der Waals surface area contributed by atoms with Gasteiger partial charge in [-0.05, 0) is 43.4 Å². The van der Waals surface area contributed by atoms with E-state index in [0.717, 1.165) is 18.7 Å². The Labute approximate surface area is 91.5 Å². The lowest BCUT2D eigenvalue weighted by atomic mass is 10.1. The smallest absolute Gasteiger partial charge is 0.0682 e. The number of anilines is 1. The lowest BCUT2D eigenvalue weighted by molar-refractivity contribution is 0.282. The van der Waals surface area contributed by atoms with Crippen LogP contribution in [0.3, 0.4) is 0 Å². The topological polar surface area (TPSA) is 23.5 Å². The highest BCUT2D eigenvalue weighted by Gasteiger charge is 2.12. The molecule has 0 atom stereocenters. The highest BCUT2D eigenvalue weighted by Crippen LogP contribution is 2.24. The molecule has 0 amide bonds. The van der Waals surface area contributed by atoms with Gasteiger partial charge in [0.25, 0.3) is 0 Å². The van der Waals surface area contributed by atoms with E-state index < -0.39 is 0 Å². The molecule has 0 spiro atoms. The van der Waals surface area contributed by atoms with Gasteiger partial charge >= 0.3 is 0 Å². The minimum absolute atomic E-state index is 0.140. The van der Waals surface area contributed by atoms with Crippen LogP contribution in [0.5, 0.6) is 0 Å². The normalized spacial score (nSPS) is 16.8. The number of piperidine rings is 1. The van der Waals surface area contributed by atoms with Crippen molar-refractivity contribution in [1.29, 1.82) is 0 Å². The number of aryl methyl sites for hydroxylation is 1. The van der Waals surface area contributed by atoms with E-state index in [-0.39, 0.29) is 6.61 Å². The summed E-state index contributed by atoms with van der Waals surface area (Å²) in [5.41, 5.74) is 3.64. The molecule has 2 rings (SSSR count). The molecule has 0 bridgehead atoms. The second-order valence-corrected chi connectivity index (χ2v) is 4.33. The van der Waals surface area contributed by atoms with E-state index in [4.69, 9.17) is 5.11 Å². The van der Waals surface area contributed by atoms with E-state index in [1.165, 1.54) is 30.5 Å². The second kappa shape index (κ2) is 4.67. The predicted octanol–water partition coefficient (Wildman–Crippen LogP) is 2.48. The molecule has 15 heavy (non-hydrogen) atoms. The van der Waals surface area contributed by atoms with Crippen molar-refractivity contribution in [3.05, 3.63) is 29.3 Å². The van der Waals surface area contributed by atoms with Crippen LogP contribution in [0, 0.1) is 6.92 Å². The number of nitrogens with zero attached hydrogens (tertiary/aromatic N) is 1. The minimum Gasteiger partial charge on any atom is -0.392 e. The first-order valence-electron chi connectivity index (χ1n) is 5.76. The summed E-state index contributed by atoms with van der Waals surface area (Å²) in [5, 5.41) is 9.13. The minimum atomic E-state index is 0.140. The molecule has 1 saturated heterocycles. The largest absolute Gasteiger partial charge is 0.392 e. The summed E-state index contributed by atoms with van der Waals surface area (Å²) >= 11 is 0. The number of rotatable bonds is 2. The third-order valence-corrected chi connectivity index (χ3v) is 3.15. The SMILES string of the molecule is Cc1ccc(CO)cc1N1CCCCC1. The van der Waals surface area contributed by atoms with Crippen LogP contribution in [0.4, 0.5) is 5.69 Å². The Bertz CT molecular complexity index is 329. The van der Waals surface area contributed by atoms with E-state index in [1.54, 1.807) is 0 Å². The third kappa shape index (κ3) is 2.32. The highest BCUT2D eigenvalue weighted by atomic mass is 16.3. The van der Waals surface area contributed by atoms with Gasteiger partial charge in [-0.25, -0.2) is 0 Å². The Kier molecular flexibility index (Phi) is 3.27. The molecule has 0 radical (unpaired) electrons. The number of aliphatic hydroxyl groups is 1. The fourth-order valence-corrected chi connectivity index (χ4v) is 2.23. The molecule has 0 aliphatic carbocycles. The van der Waals surface area contributed by atoms with Crippen molar-refractivity contribution < 1.29 is 5.11 Å². The van der Waals surface area contributed by atoms with Gasteiger partial charge in [0.15, 0.2) is 0 Å². The zero-order chi connectivity index (χ0) is 10.7. The first-order chi connectivity index (χ1) is 7.31. The average molecular weight is 205 g/mol. The molecule has 0 unspecified atom stereocenters. The van der Waals surface area contributed by atoms with Crippen molar-refractivity contribution in [1.82, 2.24) is 0 Å². The average Bonchev–Trinajstić information content (AvgIpc) is 2.31. The summed E-state index contributed by atoms with van der Waals surface area (Å²) in [6.45, 7) is 4.61. The van der Waals surface area contributed by atoms with Crippen LogP contribution < -0.4 is 4.90 Å². The van der Waals surface area contributed by atoms with Crippen molar-refractivity contribution >= 4 is 5.69 Å². The quantitative estimate of drug-likeness (QED) is 0.801. The van der Waals surface area contributed by atoms with Crippen LogP contribution in [0.1, 0.15) is 30.4 Å². The maximum absolute atomic E-state index is 9.13. The van der Waals surface area contributed by atoms with Crippen molar-refractivity contribution in [3.8, 4) is 0 Å². The van der Waals surface area contributed by atoms with Crippen LogP contribution in [0.2, 0.25) is 0 Å². The number of aliphatic hydroxyl groups excluding tert-OH is 1. The first kappa shape index (κ1) is 10.5. The van der Waals surface area contributed by atoms with Crippen molar-refractivity contribution in [2.75, 3.05) is 18.0 Å². The molecule has 1 fully saturated rings. The van der Waals surface area contributed by atoms with Crippen molar-refractivity contribution in [2.45, 2.75) is 32.8 Å². The molecule has 82 valence electrons. The lowest BCUT2D eigenvalue weighted by Gasteiger charge is -2.30. The fraction of sp³-hybridized carbons (Fsp3) is 0.538. The molecule has 1 aromatic rings. The Hall–Kier alpha value is -1.02. The predicted molar refractivity (Wildman–Crippen MR) is 63.2 cm³/mol. The molecule has 0 saturated carbocycles. The van der Waals surface area contributed by atoms with Gasteiger partial charge < -0.3 is 10.0 Å². The van der Waals surface area contributed by atoms with E-state index in [9.17, 15) is 0 Å². The van der Waals surface area contributed by atoms with E-state index in [0.29, 0.717) is 0 Å². The van der Waals surface area contributed by atoms with Gasteiger partial charge in [0.2, 0.25) is 0 Å². The van der Waals surface area contributed by atoms with Crippen molar-refractivity contribution in [2.24, 2.45) is 0 Å². The standard InChI is InChI=1S/C13H19NO/c1-11-5-6-12(10-15)9-13(11)14-7-3-2-4-8-14/h5-6,9,15H,2-4,7-8,10H2,1H3. The van der Waals surface area contributed by atoms with Gasteiger partial charge in [-0.2, -0.15) is 0 Å². The number of hydrogen-bond acceptors (Lipinski definition) is 2. The molecular weight excluding hydrogens is 186 g/mol. The zero-order valence-electron chi connectivity index (χ0n) is 9.37. The summed E-state index contributed by atoms with van der Waals surface area (Å²) in [7, 11) is 0. The highest BCUT2D eigenvalue weighted by molar-refractivity contribution is 5.55. The zero-order valence-corrected chi connectivity index (χ0v) is 9.37. The maximum atomic E-state index is 9.13. The first-order valence-corrected chi connectivity index (χ1v) is 5.76. The van der Waals surface area contributed by atoms with E-state index in [1.807, 2.05) is 6.07 Å². The van der Waals surface area contributed by atoms with Gasteiger partial charge in [-0.1, -0.05) is 12.1 Å². The molecule has 1 aliphatic rings. The maximum Gasteiger partial charge on any atom is 0.0682 e. The monoisotopic (exact) mass is 205 g/mol. The van der Waals surface area contributed by atoms with Gasteiger partial charge in [0, 0.05) is 18.8 Å². The summed E-state index contributed by atoms with van der Waals surface area (Å²) in [4.78, 5) is 2.44.